The Balaban J connectivity index is 0.982. The highest BCUT2D eigenvalue weighted by Gasteiger charge is 2.22. The molecular formula is C64H40N4. The van der Waals surface area contributed by atoms with Gasteiger partial charge < -0.3 is 4.57 Å². The maximum atomic E-state index is 5.56. The third-order valence-electron chi connectivity index (χ3n) is 13.9. The molecule has 0 bridgehead atoms. The van der Waals surface area contributed by atoms with Crippen LogP contribution in [0.1, 0.15) is 0 Å². The van der Waals surface area contributed by atoms with Crippen molar-refractivity contribution < 1.29 is 0 Å². The van der Waals surface area contributed by atoms with Crippen LogP contribution in [0.15, 0.2) is 243 Å². The lowest BCUT2D eigenvalue weighted by molar-refractivity contribution is 1.01. The SMILES string of the molecule is c1ccc(-c2cccc(-n3c4ccccc4c4cc(-c5cccc6c5c5cc7ccccc7cc5n6-c5nc(-c6ccc7ccc(-c8ccccc8)cc7c6)c6ccccc6n5)ccc43)c2)cc1. The zero-order valence-electron chi connectivity index (χ0n) is 36.9. The average Bonchev–Trinajstić information content (AvgIpc) is 3.92. The van der Waals surface area contributed by atoms with Crippen LogP contribution in [0.2, 0.25) is 0 Å². The molecule has 0 unspecified atom stereocenters. The van der Waals surface area contributed by atoms with Gasteiger partial charge >= 0.3 is 0 Å². The highest BCUT2D eigenvalue weighted by atomic mass is 15.2. The van der Waals surface area contributed by atoms with E-state index in [4.69, 9.17) is 9.97 Å². The minimum atomic E-state index is 0.639. The lowest BCUT2D eigenvalue weighted by Crippen LogP contribution is -2.03. The van der Waals surface area contributed by atoms with E-state index in [1.807, 2.05) is 0 Å². The van der Waals surface area contributed by atoms with Gasteiger partial charge in [0.1, 0.15) is 0 Å². The van der Waals surface area contributed by atoms with E-state index in [-0.39, 0.29) is 0 Å². The van der Waals surface area contributed by atoms with Crippen molar-refractivity contribution in [2.24, 2.45) is 0 Å². The molecule has 0 amide bonds. The molecule has 316 valence electrons. The number of rotatable bonds is 6. The van der Waals surface area contributed by atoms with Gasteiger partial charge in [0.15, 0.2) is 0 Å². The Morgan fingerprint density at radius 3 is 1.72 bits per heavy atom. The van der Waals surface area contributed by atoms with Crippen LogP contribution < -0.4 is 0 Å². The summed E-state index contributed by atoms with van der Waals surface area (Å²) < 4.78 is 4.70. The average molecular weight is 865 g/mol. The molecule has 4 heteroatoms. The summed E-state index contributed by atoms with van der Waals surface area (Å²) in [5.41, 5.74) is 15.6. The van der Waals surface area contributed by atoms with Gasteiger partial charge in [-0.3, -0.25) is 4.57 Å². The van der Waals surface area contributed by atoms with Gasteiger partial charge in [-0.2, -0.15) is 0 Å². The first-order valence-electron chi connectivity index (χ1n) is 23.2. The van der Waals surface area contributed by atoms with E-state index in [1.165, 1.54) is 71.0 Å². The van der Waals surface area contributed by atoms with Crippen LogP contribution in [0.5, 0.6) is 0 Å². The number of hydrogen-bond acceptors (Lipinski definition) is 2. The first kappa shape index (κ1) is 38.2. The topological polar surface area (TPSA) is 35.6 Å². The molecule has 68 heavy (non-hydrogen) atoms. The van der Waals surface area contributed by atoms with Crippen LogP contribution >= 0.6 is 0 Å². The number of benzene rings is 11. The Morgan fingerprint density at radius 2 is 0.897 bits per heavy atom. The van der Waals surface area contributed by atoms with E-state index in [1.54, 1.807) is 0 Å². The Kier molecular flexibility index (Phi) is 8.55. The fourth-order valence-electron chi connectivity index (χ4n) is 10.7. The second-order valence-electron chi connectivity index (χ2n) is 17.8. The summed E-state index contributed by atoms with van der Waals surface area (Å²) in [6.07, 6.45) is 0. The summed E-state index contributed by atoms with van der Waals surface area (Å²) in [4.78, 5) is 10.9. The number of para-hydroxylation sites is 2. The summed E-state index contributed by atoms with van der Waals surface area (Å²) in [7, 11) is 0. The van der Waals surface area contributed by atoms with Gasteiger partial charge in [0, 0.05) is 38.2 Å². The Labute approximate surface area is 392 Å². The van der Waals surface area contributed by atoms with Gasteiger partial charge in [-0.1, -0.05) is 176 Å². The molecule has 0 N–H and O–H groups in total. The second-order valence-corrected chi connectivity index (χ2v) is 17.8. The van der Waals surface area contributed by atoms with Crippen LogP contribution in [0.3, 0.4) is 0 Å². The molecule has 0 aliphatic carbocycles. The lowest BCUT2D eigenvalue weighted by atomic mass is 9.97. The molecular weight excluding hydrogens is 825 g/mol. The van der Waals surface area contributed by atoms with Gasteiger partial charge in [-0.15, -0.1) is 0 Å². The highest BCUT2D eigenvalue weighted by molar-refractivity contribution is 6.20. The molecule has 0 atom stereocenters. The predicted molar refractivity (Wildman–Crippen MR) is 285 cm³/mol. The third kappa shape index (κ3) is 6.08. The van der Waals surface area contributed by atoms with Gasteiger partial charge in [0.2, 0.25) is 5.95 Å². The molecule has 14 aromatic rings. The van der Waals surface area contributed by atoms with Crippen LogP contribution in [-0.2, 0) is 0 Å². The summed E-state index contributed by atoms with van der Waals surface area (Å²) in [5, 5.41) is 10.5. The highest BCUT2D eigenvalue weighted by Crippen LogP contribution is 2.43. The van der Waals surface area contributed by atoms with E-state index in [0.29, 0.717) is 5.95 Å². The Hall–Kier alpha value is -9.12. The summed E-state index contributed by atoms with van der Waals surface area (Å²) >= 11 is 0. The normalized spacial score (nSPS) is 11.8. The van der Waals surface area contributed by atoms with E-state index < -0.39 is 0 Å². The molecule has 0 aliphatic rings. The fourth-order valence-corrected chi connectivity index (χ4v) is 10.7. The van der Waals surface area contributed by atoms with Crippen molar-refractivity contribution >= 4 is 76.1 Å². The Bertz CT molecular complexity index is 4310. The minimum absolute atomic E-state index is 0.639. The van der Waals surface area contributed by atoms with Crippen LogP contribution in [0, 0.1) is 0 Å². The third-order valence-corrected chi connectivity index (χ3v) is 13.9. The monoisotopic (exact) mass is 864 g/mol. The first-order chi connectivity index (χ1) is 33.7. The maximum absolute atomic E-state index is 5.56. The van der Waals surface area contributed by atoms with E-state index in [9.17, 15) is 0 Å². The van der Waals surface area contributed by atoms with Crippen LogP contribution in [-0.4, -0.2) is 19.1 Å². The largest absolute Gasteiger partial charge is 0.309 e. The first-order valence-corrected chi connectivity index (χ1v) is 23.2. The van der Waals surface area contributed by atoms with E-state index in [0.717, 1.165) is 55.4 Å². The van der Waals surface area contributed by atoms with Crippen molar-refractivity contribution in [2.45, 2.75) is 0 Å². The quantitative estimate of drug-likeness (QED) is 0.167. The number of hydrogen-bond donors (Lipinski definition) is 0. The van der Waals surface area contributed by atoms with Gasteiger partial charge in [0.05, 0.1) is 33.3 Å². The van der Waals surface area contributed by atoms with Crippen molar-refractivity contribution in [3.63, 3.8) is 0 Å². The summed E-state index contributed by atoms with van der Waals surface area (Å²) in [6.45, 7) is 0. The maximum Gasteiger partial charge on any atom is 0.235 e. The van der Waals surface area contributed by atoms with Gasteiger partial charge in [-0.25, -0.2) is 9.97 Å². The minimum Gasteiger partial charge on any atom is -0.309 e. The summed E-state index contributed by atoms with van der Waals surface area (Å²) in [6, 6.07) is 87.7. The second kappa shape index (κ2) is 15.2. The van der Waals surface area contributed by atoms with Gasteiger partial charge in [-0.05, 0) is 122 Å². The molecule has 3 aromatic heterocycles. The molecule has 3 heterocycles. The van der Waals surface area contributed by atoms with Crippen molar-refractivity contribution in [2.75, 3.05) is 0 Å². The fraction of sp³-hybridized carbons (Fsp3) is 0. The number of nitrogens with zero attached hydrogens (tertiary/aromatic N) is 4. The molecule has 0 fully saturated rings. The van der Waals surface area contributed by atoms with Crippen molar-refractivity contribution in [3.8, 4) is 56.3 Å². The summed E-state index contributed by atoms with van der Waals surface area (Å²) in [5.74, 6) is 0.639. The number of fused-ring (bicyclic) bond motifs is 9. The number of aromatic nitrogens is 4. The molecule has 14 rings (SSSR count). The zero-order chi connectivity index (χ0) is 44.7. The molecule has 0 radical (unpaired) electrons. The Morgan fingerprint density at radius 1 is 0.279 bits per heavy atom. The molecule has 0 saturated heterocycles. The molecule has 0 saturated carbocycles. The molecule has 0 aliphatic heterocycles. The molecule has 0 spiro atoms. The van der Waals surface area contributed by atoms with E-state index >= 15 is 0 Å². The van der Waals surface area contributed by atoms with Crippen molar-refractivity contribution in [1.29, 1.82) is 0 Å². The van der Waals surface area contributed by atoms with Crippen molar-refractivity contribution in [1.82, 2.24) is 19.1 Å². The molecule has 4 nitrogen and oxygen atoms in total. The zero-order valence-corrected chi connectivity index (χ0v) is 36.9. The van der Waals surface area contributed by atoms with E-state index in [2.05, 4.69) is 252 Å². The van der Waals surface area contributed by atoms with Crippen molar-refractivity contribution in [3.05, 3.63) is 243 Å². The lowest BCUT2D eigenvalue weighted by Gasteiger charge is -2.13. The molecule has 11 aromatic carbocycles. The van der Waals surface area contributed by atoms with Gasteiger partial charge in [0.25, 0.3) is 0 Å². The van der Waals surface area contributed by atoms with Crippen LogP contribution in [0.25, 0.3) is 132 Å². The standard InChI is InChI=1S/C64H40N4/c1-3-15-41(16-4-1)44-21-13-22-51(37-44)67-58-27-12-10-23-53(58)55-39-48(33-34-59(55)67)52-25-14-28-60-62(52)56-38-45-19-7-8-20-46(45)40-61(56)68(60)64-65-57-26-11-9-24-54(57)63(66-64)49-32-30-43-29-31-47(35-50(43)36-49)42-17-5-2-6-18-42/h1-40H. The van der Waals surface area contributed by atoms with Crippen LogP contribution in [0.4, 0.5) is 0 Å². The predicted octanol–water partition coefficient (Wildman–Crippen LogP) is 16.8. The smallest absolute Gasteiger partial charge is 0.235 e.